The minimum absolute atomic E-state index is 0.238. The summed E-state index contributed by atoms with van der Waals surface area (Å²) in [7, 11) is 0. The van der Waals surface area contributed by atoms with Gasteiger partial charge in [-0.05, 0) is 57.7 Å². The van der Waals surface area contributed by atoms with E-state index in [2.05, 4.69) is 23.1 Å². The van der Waals surface area contributed by atoms with E-state index in [1.807, 2.05) is 20.8 Å². The fraction of sp³-hybridized carbons (Fsp3) is 0.632. The van der Waals surface area contributed by atoms with Crippen molar-refractivity contribution in [2.24, 2.45) is 0 Å². The van der Waals surface area contributed by atoms with Gasteiger partial charge in [0, 0.05) is 19.6 Å². The maximum absolute atomic E-state index is 12.6. The maximum atomic E-state index is 12.6. The molecule has 1 saturated heterocycles. The average molecular weight is 332 g/mol. The zero-order valence-corrected chi connectivity index (χ0v) is 14.9. The molecular formula is C19H28N2O3. The molecule has 5 heteroatoms. The monoisotopic (exact) mass is 332 g/mol. The van der Waals surface area contributed by atoms with Crippen molar-refractivity contribution in [2.45, 2.75) is 58.3 Å². The lowest BCUT2D eigenvalue weighted by Crippen LogP contribution is -2.39. The zero-order chi connectivity index (χ0) is 17.3. The van der Waals surface area contributed by atoms with E-state index in [9.17, 15) is 9.90 Å². The quantitative estimate of drug-likeness (QED) is 0.905. The Bertz CT molecular complexity index is 609. The van der Waals surface area contributed by atoms with Gasteiger partial charge in [0.15, 0.2) is 0 Å². The van der Waals surface area contributed by atoms with E-state index in [1.165, 1.54) is 5.56 Å². The van der Waals surface area contributed by atoms with Gasteiger partial charge in [-0.2, -0.15) is 0 Å². The second-order valence-electron chi connectivity index (χ2n) is 7.84. The van der Waals surface area contributed by atoms with Crippen molar-refractivity contribution in [3.63, 3.8) is 0 Å². The topological polar surface area (TPSA) is 53.0 Å². The van der Waals surface area contributed by atoms with E-state index in [0.717, 1.165) is 43.6 Å². The van der Waals surface area contributed by atoms with Crippen LogP contribution in [0.4, 0.5) is 10.5 Å². The van der Waals surface area contributed by atoms with Crippen LogP contribution in [0.25, 0.3) is 0 Å². The van der Waals surface area contributed by atoms with Crippen LogP contribution in [-0.2, 0) is 17.7 Å². The summed E-state index contributed by atoms with van der Waals surface area (Å²) >= 11 is 0. The van der Waals surface area contributed by atoms with Gasteiger partial charge >= 0.3 is 6.09 Å². The molecule has 2 aliphatic heterocycles. The van der Waals surface area contributed by atoms with Gasteiger partial charge in [0.25, 0.3) is 0 Å². The van der Waals surface area contributed by atoms with E-state index >= 15 is 0 Å². The lowest BCUT2D eigenvalue weighted by molar-refractivity contribution is 0.0579. The molecule has 2 heterocycles. The van der Waals surface area contributed by atoms with Crippen molar-refractivity contribution in [3.8, 4) is 0 Å². The number of likely N-dealkylation sites (tertiary alicyclic amines) is 1. The lowest BCUT2D eigenvalue weighted by Gasteiger charge is -2.31. The molecule has 1 aromatic carbocycles. The highest BCUT2D eigenvalue weighted by Gasteiger charge is 2.31. The van der Waals surface area contributed by atoms with Crippen LogP contribution in [0, 0.1) is 0 Å². The summed E-state index contributed by atoms with van der Waals surface area (Å²) in [5.74, 6) is 0. The number of carbonyl (C=O) groups excluding carboxylic acids is 1. The van der Waals surface area contributed by atoms with Crippen molar-refractivity contribution in [1.82, 2.24) is 4.90 Å². The first-order chi connectivity index (χ1) is 11.3. The van der Waals surface area contributed by atoms with Crippen LogP contribution in [0.5, 0.6) is 0 Å². The summed E-state index contributed by atoms with van der Waals surface area (Å²) in [4.78, 5) is 16.6. The molecule has 5 nitrogen and oxygen atoms in total. The molecular weight excluding hydrogens is 304 g/mol. The van der Waals surface area contributed by atoms with Gasteiger partial charge in [0.05, 0.1) is 11.8 Å². The summed E-state index contributed by atoms with van der Waals surface area (Å²) in [5.41, 5.74) is 2.86. The normalized spacial score (nSPS) is 21.7. The molecule has 1 atom stereocenters. The van der Waals surface area contributed by atoms with Gasteiger partial charge in [-0.25, -0.2) is 4.79 Å². The Hall–Kier alpha value is -1.59. The molecule has 0 bridgehead atoms. The predicted molar refractivity (Wildman–Crippen MR) is 94.2 cm³/mol. The number of hydrogen-bond donors (Lipinski definition) is 1. The van der Waals surface area contributed by atoms with Crippen LogP contribution in [-0.4, -0.2) is 47.4 Å². The van der Waals surface area contributed by atoms with Gasteiger partial charge in [-0.15, -0.1) is 0 Å². The number of carbonyl (C=O) groups is 1. The molecule has 1 unspecified atom stereocenters. The molecule has 1 N–H and O–H groups in total. The molecule has 0 saturated carbocycles. The fourth-order valence-corrected chi connectivity index (χ4v) is 3.58. The minimum Gasteiger partial charge on any atom is -0.443 e. The summed E-state index contributed by atoms with van der Waals surface area (Å²) < 4.78 is 5.57. The van der Waals surface area contributed by atoms with Crippen LogP contribution in [0.15, 0.2) is 18.2 Å². The molecule has 24 heavy (non-hydrogen) atoms. The fourth-order valence-electron chi connectivity index (χ4n) is 3.58. The molecule has 1 amide bonds. The third-order valence-electron chi connectivity index (χ3n) is 4.57. The summed E-state index contributed by atoms with van der Waals surface area (Å²) in [5, 5.41) is 9.89. The molecule has 1 fully saturated rings. The number of β-amino-alcohol motifs (C(OH)–C–C–N with tert-alkyl or cyclic N) is 1. The first-order valence-corrected chi connectivity index (χ1v) is 8.85. The molecule has 2 aliphatic rings. The first kappa shape index (κ1) is 17.2. The van der Waals surface area contributed by atoms with Crippen molar-refractivity contribution in [1.29, 1.82) is 0 Å². The van der Waals surface area contributed by atoms with Crippen molar-refractivity contribution in [2.75, 3.05) is 24.5 Å². The van der Waals surface area contributed by atoms with Crippen LogP contribution in [0.2, 0.25) is 0 Å². The Morgan fingerprint density at radius 1 is 1.33 bits per heavy atom. The van der Waals surface area contributed by atoms with Crippen LogP contribution < -0.4 is 4.90 Å². The van der Waals surface area contributed by atoms with Gasteiger partial charge in [-0.1, -0.05) is 18.2 Å². The van der Waals surface area contributed by atoms with Crippen LogP contribution >= 0.6 is 0 Å². The number of ether oxygens (including phenoxy) is 1. The molecule has 132 valence electrons. The number of piperidine rings is 1. The van der Waals surface area contributed by atoms with E-state index < -0.39 is 5.60 Å². The molecule has 0 spiro atoms. The number of nitrogens with zero attached hydrogens (tertiary/aromatic N) is 2. The number of benzene rings is 1. The van der Waals surface area contributed by atoms with Crippen molar-refractivity contribution < 1.29 is 14.6 Å². The summed E-state index contributed by atoms with van der Waals surface area (Å²) in [6, 6.07) is 6.24. The standard InChI is InChI=1S/C19H28N2O3/c1-19(2,3)24-18(23)21-11-9-14-6-4-7-15(17(14)21)12-20-10-5-8-16(22)13-20/h4,6-7,16,22H,5,8-13H2,1-3H3. The zero-order valence-electron chi connectivity index (χ0n) is 14.9. The highest BCUT2D eigenvalue weighted by atomic mass is 16.6. The van der Waals surface area contributed by atoms with Gasteiger partial charge in [-0.3, -0.25) is 9.80 Å². The smallest absolute Gasteiger partial charge is 0.414 e. The second kappa shape index (κ2) is 6.73. The van der Waals surface area contributed by atoms with Crippen molar-refractivity contribution >= 4 is 11.8 Å². The minimum atomic E-state index is -0.494. The van der Waals surface area contributed by atoms with E-state index in [-0.39, 0.29) is 12.2 Å². The van der Waals surface area contributed by atoms with Gasteiger partial charge in [0.2, 0.25) is 0 Å². The van der Waals surface area contributed by atoms with Crippen molar-refractivity contribution in [3.05, 3.63) is 29.3 Å². The summed E-state index contributed by atoms with van der Waals surface area (Å²) in [6.45, 7) is 8.81. The highest BCUT2D eigenvalue weighted by Crippen LogP contribution is 2.34. The maximum Gasteiger partial charge on any atom is 0.414 e. The van der Waals surface area contributed by atoms with E-state index in [0.29, 0.717) is 13.1 Å². The average Bonchev–Trinajstić information content (AvgIpc) is 2.91. The first-order valence-electron chi connectivity index (χ1n) is 8.85. The molecule has 0 aromatic heterocycles. The Balaban J connectivity index is 1.80. The molecule has 1 aromatic rings. The Morgan fingerprint density at radius 2 is 2.12 bits per heavy atom. The number of para-hydroxylation sites is 1. The highest BCUT2D eigenvalue weighted by molar-refractivity contribution is 5.91. The number of amides is 1. The second-order valence-corrected chi connectivity index (χ2v) is 7.84. The number of rotatable bonds is 2. The molecule has 0 aliphatic carbocycles. The molecule has 0 radical (unpaired) electrons. The Morgan fingerprint density at radius 3 is 2.83 bits per heavy atom. The van der Waals surface area contributed by atoms with E-state index in [1.54, 1.807) is 4.90 Å². The van der Waals surface area contributed by atoms with Crippen LogP contribution in [0.1, 0.15) is 44.7 Å². The predicted octanol–water partition coefficient (Wildman–Crippen LogP) is 2.94. The number of hydrogen-bond acceptors (Lipinski definition) is 4. The Labute approximate surface area is 144 Å². The number of fused-ring (bicyclic) bond motifs is 1. The number of anilines is 1. The Kier molecular flexibility index (Phi) is 4.83. The lowest BCUT2D eigenvalue weighted by atomic mass is 10.0. The largest absolute Gasteiger partial charge is 0.443 e. The number of aliphatic hydroxyl groups is 1. The SMILES string of the molecule is CC(C)(C)OC(=O)N1CCc2cccc(CN3CCCC(O)C3)c21. The van der Waals surface area contributed by atoms with Gasteiger partial charge in [0.1, 0.15) is 5.60 Å². The summed E-state index contributed by atoms with van der Waals surface area (Å²) in [6.07, 6.45) is 2.26. The molecule has 3 rings (SSSR count). The third kappa shape index (κ3) is 3.90. The van der Waals surface area contributed by atoms with E-state index in [4.69, 9.17) is 4.74 Å². The third-order valence-corrected chi connectivity index (χ3v) is 4.57. The number of aliphatic hydroxyl groups excluding tert-OH is 1. The van der Waals surface area contributed by atoms with Gasteiger partial charge < -0.3 is 9.84 Å². The van der Waals surface area contributed by atoms with Crippen LogP contribution in [0.3, 0.4) is 0 Å².